The fourth-order valence-corrected chi connectivity index (χ4v) is 5.59. The van der Waals surface area contributed by atoms with Crippen molar-refractivity contribution >= 4 is 34.2 Å². The van der Waals surface area contributed by atoms with Gasteiger partial charge in [0, 0.05) is 10.9 Å². The highest BCUT2D eigenvalue weighted by molar-refractivity contribution is 7.07. The first-order chi connectivity index (χ1) is 17.4. The smallest absolute Gasteiger partial charge is 0.338 e. The highest BCUT2D eigenvalue weighted by Gasteiger charge is 2.34. The van der Waals surface area contributed by atoms with Gasteiger partial charge < -0.3 is 14.6 Å². The number of fused-ring (bicyclic) bond motifs is 2. The van der Waals surface area contributed by atoms with E-state index in [0.717, 1.165) is 16.3 Å². The van der Waals surface area contributed by atoms with Crippen molar-refractivity contribution in [3.8, 4) is 11.5 Å². The molecule has 1 aliphatic heterocycles. The number of carbonyl (C=O) groups is 1. The van der Waals surface area contributed by atoms with Crippen molar-refractivity contribution in [3.63, 3.8) is 0 Å². The van der Waals surface area contributed by atoms with Gasteiger partial charge in [-0.15, -0.1) is 0 Å². The molecule has 3 aromatic carbocycles. The van der Waals surface area contributed by atoms with Crippen LogP contribution in [0, 0.1) is 0 Å². The van der Waals surface area contributed by atoms with Gasteiger partial charge in [-0.3, -0.25) is 9.36 Å². The minimum atomic E-state index is -0.748. The van der Waals surface area contributed by atoms with Crippen molar-refractivity contribution in [2.45, 2.75) is 19.9 Å². The molecule has 0 unspecified atom stereocenters. The summed E-state index contributed by atoms with van der Waals surface area (Å²) in [5, 5.41) is 12.0. The third kappa shape index (κ3) is 3.89. The molecule has 0 aliphatic carbocycles. The third-order valence-corrected chi connectivity index (χ3v) is 7.16. The lowest BCUT2D eigenvalue weighted by Crippen LogP contribution is -2.40. The number of methoxy groups -OCH3 is 1. The molecule has 8 heteroatoms. The summed E-state index contributed by atoms with van der Waals surface area (Å²) in [7, 11) is 1.61. The van der Waals surface area contributed by atoms with Gasteiger partial charge >= 0.3 is 5.97 Å². The molecule has 0 saturated heterocycles. The number of hydrogen-bond acceptors (Lipinski definition) is 7. The van der Waals surface area contributed by atoms with E-state index in [4.69, 9.17) is 9.47 Å². The van der Waals surface area contributed by atoms with Gasteiger partial charge in [0.1, 0.15) is 11.5 Å². The average molecular weight is 501 g/mol. The Morgan fingerprint density at radius 2 is 1.83 bits per heavy atom. The lowest BCUT2D eigenvalue weighted by molar-refractivity contribution is -0.139. The zero-order valence-electron chi connectivity index (χ0n) is 20.0. The summed E-state index contributed by atoms with van der Waals surface area (Å²) in [4.78, 5) is 32.1. The number of phenolic OH excluding ortho intramolecular Hbond substituents is 1. The SMILES string of the molecule is CCOC(=O)C1=C(C)N=c2s/c(=C/c3ccccc3O)c(=O)n2[C@H]1c1ccc(OC)c2ccccc12. The van der Waals surface area contributed by atoms with Crippen LogP contribution in [0.25, 0.3) is 16.8 Å². The molecule has 1 aromatic heterocycles. The monoisotopic (exact) mass is 500 g/mol. The van der Waals surface area contributed by atoms with E-state index in [1.165, 1.54) is 11.3 Å². The predicted molar refractivity (Wildman–Crippen MR) is 139 cm³/mol. The molecule has 0 saturated carbocycles. The van der Waals surface area contributed by atoms with Crippen molar-refractivity contribution in [2.24, 2.45) is 4.99 Å². The van der Waals surface area contributed by atoms with Crippen molar-refractivity contribution in [3.05, 3.63) is 103 Å². The number of esters is 1. The Morgan fingerprint density at radius 3 is 2.56 bits per heavy atom. The maximum atomic E-state index is 13.8. The van der Waals surface area contributed by atoms with E-state index in [1.807, 2.05) is 36.4 Å². The molecule has 7 nitrogen and oxygen atoms in total. The molecule has 5 rings (SSSR count). The minimum Gasteiger partial charge on any atom is -0.507 e. The van der Waals surface area contributed by atoms with Crippen molar-refractivity contribution in [2.75, 3.05) is 13.7 Å². The second-order valence-corrected chi connectivity index (χ2v) is 9.27. The lowest BCUT2D eigenvalue weighted by Gasteiger charge is -2.26. The normalized spacial score (nSPS) is 15.5. The number of hydrogen-bond donors (Lipinski definition) is 1. The average Bonchev–Trinajstić information content (AvgIpc) is 3.18. The van der Waals surface area contributed by atoms with Gasteiger partial charge in [-0.05, 0) is 43.0 Å². The second kappa shape index (κ2) is 9.47. The van der Waals surface area contributed by atoms with Gasteiger partial charge in [0.05, 0.1) is 35.6 Å². The van der Waals surface area contributed by atoms with Gasteiger partial charge in [0.25, 0.3) is 5.56 Å². The summed E-state index contributed by atoms with van der Waals surface area (Å²) in [5.41, 5.74) is 1.79. The zero-order chi connectivity index (χ0) is 25.4. The summed E-state index contributed by atoms with van der Waals surface area (Å²) in [5.74, 6) is 0.253. The molecule has 182 valence electrons. The second-order valence-electron chi connectivity index (χ2n) is 8.26. The largest absolute Gasteiger partial charge is 0.507 e. The lowest BCUT2D eigenvalue weighted by atomic mass is 9.91. The van der Waals surface area contributed by atoms with E-state index >= 15 is 0 Å². The van der Waals surface area contributed by atoms with Crippen LogP contribution < -0.4 is 19.6 Å². The number of nitrogens with zero attached hydrogens (tertiary/aromatic N) is 2. The number of thiazole rings is 1. The number of ether oxygens (including phenoxy) is 2. The molecular formula is C28H24N2O5S. The van der Waals surface area contributed by atoms with Crippen LogP contribution in [0.3, 0.4) is 0 Å². The number of benzene rings is 3. The Balaban J connectivity index is 1.83. The fraction of sp³-hybridized carbons (Fsp3) is 0.179. The molecule has 1 N–H and O–H groups in total. The van der Waals surface area contributed by atoms with Crippen molar-refractivity contribution in [1.82, 2.24) is 4.57 Å². The first-order valence-corrected chi connectivity index (χ1v) is 12.3. The molecule has 4 aromatic rings. The third-order valence-electron chi connectivity index (χ3n) is 6.17. The van der Waals surface area contributed by atoms with Crippen LogP contribution in [0.5, 0.6) is 11.5 Å². The van der Waals surface area contributed by atoms with Gasteiger partial charge in [-0.25, -0.2) is 9.79 Å². The Bertz CT molecular complexity index is 1710. The maximum absolute atomic E-state index is 13.8. The summed E-state index contributed by atoms with van der Waals surface area (Å²) in [6, 6.07) is 17.5. The van der Waals surface area contributed by atoms with E-state index in [2.05, 4.69) is 4.99 Å². The van der Waals surface area contributed by atoms with Crippen molar-refractivity contribution < 1.29 is 19.4 Å². The Morgan fingerprint density at radius 1 is 1.11 bits per heavy atom. The number of aromatic nitrogens is 1. The number of phenols is 1. The Labute approximate surface area is 210 Å². The molecule has 36 heavy (non-hydrogen) atoms. The van der Waals surface area contributed by atoms with E-state index in [1.54, 1.807) is 55.9 Å². The molecule has 1 aliphatic rings. The highest BCUT2D eigenvalue weighted by atomic mass is 32.1. The van der Waals surface area contributed by atoms with Crippen LogP contribution in [0.15, 0.2) is 81.7 Å². The number of carbonyl (C=O) groups excluding carboxylic acids is 1. The van der Waals surface area contributed by atoms with Crippen LogP contribution >= 0.6 is 11.3 Å². The number of aromatic hydroxyl groups is 1. The highest BCUT2D eigenvalue weighted by Crippen LogP contribution is 2.37. The number of para-hydroxylation sites is 1. The standard InChI is InChI=1S/C28H24N2O5S/c1-4-35-27(33)24-16(2)29-28-30(26(32)23(36-28)15-17-9-5-8-12-21(17)31)25(24)20-13-14-22(34-3)19-11-7-6-10-18(19)20/h5-15,25,31H,4H2,1-3H3/b23-15+/t25-/m0/s1. The first-order valence-electron chi connectivity index (χ1n) is 11.5. The minimum absolute atomic E-state index is 0.0735. The number of rotatable bonds is 5. The molecule has 0 amide bonds. The van der Waals surface area contributed by atoms with Crippen LogP contribution in [0.4, 0.5) is 0 Å². The zero-order valence-corrected chi connectivity index (χ0v) is 20.8. The van der Waals surface area contributed by atoms with E-state index < -0.39 is 12.0 Å². The maximum Gasteiger partial charge on any atom is 0.338 e. The quantitative estimate of drug-likeness (QED) is 0.423. The molecule has 0 spiro atoms. The van der Waals surface area contributed by atoms with Gasteiger partial charge in [-0.2, -0.15) is 0 Å². The molecular weight excluding hydrogens is 476 g/mol. The van der Waals surface area contributed by atoms with Gasteiger partial charge in [0.2, 0.25) is 0 Å². The predicted octanol–water partition coefficient (Wildman–Crippen LogP) is 3.67. The number of allylic oxidation sites excluding steroid dienone is 1. The van der Waals surface area contributed by atoms with Crippen LogP contribution in [0.1, 0.15) is 31.0 Å². The summed E-state index contributed by atoms with van der Waals surface area (Å²) < 4.78 is 12.9. The van der Waals surface area contributed by atoms with E-state index in [0.29, 0.717) is 31.9 Å². The topological polar surface area (TPSA) is 90.1 Å². The fourth-order valence-electron chi connectivity index (χ4n) is 4.55. The summed E-state index contributed by atoms with van der Waals surface area (Å²) >= 11 is 1.21. The van der Waals surface area contributed by atoms with Crippen LogP contribution in [-0.2, 0) is 9.53 Å². The molecule has 0 fully saturated rings. The van der Waals surface area contributed by atoms with Crippen LogP contribution in [0.2, 0.25) is 0 Å². The molecule has 0 bridgehead atoms. The molecule has 1 atom stereocenters. The Kier molecular flexibility index (Phi) is 6.20. The van der Waals surface area contributed by atoms with E-state index in [-0.39, 0.29) is 17.9 Å². The van der Waals surface area contributed by atoms with Gasteiger partial charge in [0.15, 0.2) is 4.80 Å². The first kappa shape index (κ1) is 23.6. The van der Waals surface area contributed by atoms with E-state index in [9.17, 15) is 14.7 Å². The molecule has 2 heterocycles. The van der Waals surface area contributed by atoms with Crippen molar-refractivity contribution in [1.29, 1.82) is 0 Å². The Hall–Kier alpha value is -4.17. The van der Waals surface area contributed by atoms with Gasteiger partial charge in [-0.1, -0.05) is 59.9 Å². The molecule has 0 radical (unpaired) electrons. The summed E-state index contributed by atoms with van der Waals surface area (Å²) in [6.07, 6.45) is 1.64. The summed E-state index contributed by atoms with van der Waals surface area (Å²) in [6.45, 7) is 3.70. The van der Waals surface area contributed by atoms with Crippen LogP contribution in [-0.4, -0.2) is 29.4 Å².